The Bertz CT molecular complexity index is 487. The molecule has 2 atom stereocenters. The number of benzene rings is 1. The van der Waals surface area contributed by atoms with Crippen molar-refractivity contribution in [2.75, 3.05) is 5.75 Å². The molecule has 2 unspecified atom stereocenters. The molecule has 0 amide bonds. The summed E-state index contributed by atoms with van der Waals surface area (Å²) in [5.74, 6) is -0.700. The SMILES string of the molecule is CCS(=O)(=O)C(Cl)(Br)C(O)c1ccc(F)cc1. The van der Waals surface area contributed by atoms with E-state index < -0.39 is 24.9 Å². The molecule has 1 aromatic rings. The average molecular weight is 346 g/mol. The first kappa shape index (κ1) is 14.9. The molecule has 0 spiro atoms. The molecule has 3 nitrogen and oxygen atoms in total. The standard InChI is InChI=1S/C10H11BrClFO3S/c1-2-17(15,16)10(11,12)9(14)7-3-5-8(13)6-4-7/h3-6,9,14H,2H2,1H3. The van der Waals surface area contributed by atoms with Gasteiger partial charge in [-0.2, -0.15) is 0 Å². The second-order valence-electron chi connectivity index (χ2n) is 3.42. The molecule has 7 heteroatoms. The Kier molecular flexibility index (Phi) is 4.57. The van der Waals surface area contributed by atoms with E-state index in [2.05, 4.69) is 15.9 Å². The first-order chi connectivity index (χ1) is 7.72. The minimum atomic E-state index is -3.72. The minimum Gasteiger partial charge on any atom is -0.385 e. The van der Waals surface area contributed by atoms with Gasteiger partial charge in [-0.1, -0.05) is 30.7 Å². The highest BCUT2D eigenvalue weighted by molar-refractivity contribution is 9.12. The molecule has 0 aromatic heterocycles. The van der Waals surface area contributed by atoms with Crippen LogP contribution in [0.3, 0.4) is 0 Å². The summed E-state index contributed by atoms with van der Waals surface area (Å²) in [6, 6.07) is 4.81. The van der Waals surface area contributed by atoms with Gasteiger partial charge in [0.05, 0.1) is 5.75 Å². The summed E-state index contributed by atoms with van der Waals surface area (Å²) in [6.07, 6.45) is -1.49. The largest absolute Gasteiger partial charge is 0.385 e. The van der Waals surface area contributed by atoms with E-state index in [4.69, 9.17) is 11.6 Å². The zero-order valence-electron chi connectivity index (χ0n) is 8.90. The maximum absolute atomic E-state index is 12.7. The first-order valence-electron chi connectivity index (χ1n) is 4.76. The van der Waals surface area contributed by atoms with Crippen LogP contribution in [0.5, 0.6) is 0 Å². The summed E-state index contributed by atoms with van der Waals surface area (Å²) in [7, 11) is -3.72. The molecule has 96 valence electrons. The number of hydrogen-bond donors (Lipinski definition) is 1. The number of hydrogen-bond acceptors (Lipinski definition) is 3. The maximum atomic E-state index is 12.7. The second kappa shape index (κ2) is 5.22. The number of sulfone groups is 1. The third-order valence-electron chi connectivity index (χ3n) is 2.30. The predicted octanol–water partition coefficient (Wildman–Crippen LogP) is 2.58. The highest BCUT2D eigenvalue weighted by Crippen LogP contribution is 2.42. The average Bonchev–Trinajstić information content (AvgIpc) is 2.28. The molecule has 0 aliphatic heterocycles. The van der Waals surface area contributed by atoms with E-state index in [0.29, 0.717) is 0 Å². The van der Waals surface area contributed by atoms with Gasteiger partial charge in [0, 0.05) is 0 Å². The van der Waals surface area contributed by atoms with Crippen LogP contribution >= 0.6 is 27.5 Å². The summed E-state index contributed by atoms with van der Waals surface area (Å²) >= 11 is 8.66. The Labute approximate surface area is 113 Å². The van der Waals surface area contributed by atoms with Crippen LogP contribution in [-0.4, -0.2) is 22.4 Å². The fourth-order valence-corrected chi connectivity index (χ4v) is 3.47. The summed E-state index contributed by atoms with van der Waals surface area (Å²) in [5, 5.41) is 9.93. The molecule has 0 radical (unpaired) electrons. The molecule has 0 saturated carbocycles. The van der Waals surface area contributed by atoms with Gasteiger partial charge in [-0.3, -0.25) is 0 Å². The Morgan fingerprint density at radius 2 is 1.94 bits per heavy atom. The van der Waals surface area contributed by atoms with Gasteiger partial charge in [-0.15, -0.1) is 0 Å². The van der Waals surface area contributed by atoms with Crippen molar-refractivity contribution in [1.82, 2.24) is 0 Å². The molecule has 0 heterocycles. The summed E-state index contributed by atoms with van der Waals surface area (Å²) in [4.78, 5) is 0. The zero-order valence-corrected chi connectivity index (χ0v) is 12.1. The van der Waals surface area contributed by atoms with Crippen molar-refractivity contribution in [3.63, 3.8) is 0 Å². The fraction of sp³-hybridized carbons (Fsp3) is 0.400. The monoisotopic (exact) mass is 344 g/mol. The van der Waals surface area contributed by atoms with Gasteiger partial charge in [-0.05, 0) is 33.6 Å². The maximum Gasteiger partial charge on any atom is 0.229 e. The van der Waals surface area contributed by atoms with E-state index in [-0.39, 0.29) is 11.3 Å². The van der Waals surface area contributed by atoms with Crippen molar-refractivity contribution in [2.24, 2.45) is 0 Å². The number of rotatable bonds is 4. The first-order valence-corrected chi connectivity index (χ1v) is 7.58. The Morgan fingerprint density at radius 1 is 1.47 bits per heavy atom. The quantitative estimate of drug-likeness (QED) is 0.853. The second-order valence-corrected chi connectivity index (χ2v) is 8.92. The van der Waals surface area contributed by atoms with Crippen LogP contribution in [0.15, 0.2) is 24.3 Å². The van der Waals surface area contributed by atoms with Crippen molar-refractivity contribution in [1.29, 1.82) is 0 Å². The Morgan fingerprint density at radius 3 is 2.35 bits per heavy atom. The van der Waals surface area contributed by atoms with E-state index in [1.807, 2.05) is 0 Å². The predicted molar refractivity (Wildman–Crippen MR) is 68.3 cm³/mol. The highest BCUT2D eigenvalue weighted by atomic mass is 79.9. The highest BCUT2D eigenvalue weighted by Gasteiger charge is 2.45. The molecule has 0 aliphatic rings. The molecule has 0 bridgehead atoms. The number of aliphatic hydroxyl groups is 1. The molecule has 1 rings (SSSR count). The van der Waals surface area contributed by atoms with Crippen molar-refractivity contribution in [3.8, 4) is 0 Å². The van der Waals surface area contributed by atoms with Gasteiger partial charge < -0.3 is 5.11 Å². The van der Waals surface area contributed by atoms with Gasteiger partial charge in [0.15, 0.2) is 9.84 Å². The fourth-order valence-electron chi connectivity index (χ4n) is 1.20. The molecule has 1 N–H and O–H groups in total. The number of alkyl halides is 2. The Hall–Kier alpha value is -0.170. The van der Waals surface area contributed by atoms with Gasteiger partial charge in [-0.25, -0.2) is 12.8 Å². The summed E-state index contributed by atoms with van der Waals surface area (Å²) in [6.45, 7) is 1.42. The molecular formula is C10H11BrClFO3S. The van der Waals surface area contributed by atoms with Crippen molar-refractivity contribution >= 4 is 37.4 Å². The molecule has 0 saturated heterocycles. The van der Waals surface area contributed by atoms with Crippen molar-refractivity contribution in [2.45, 2.75) is 16.1 Å². The van der Waals surface area contributed by atoms with Crippen LogP contribution in [0.25, 0.3) is 0 Å². The smallest absolute Gasteiger partial charge is 0.229 e. The molecular weight excluding hydrogens is 335 g/mol. The van der Waals surface area contributed by atoms with Crippen LogP contribution in [0.4, 0.5) is 4.39 Å². The molecule has 17 heavy (non-hydrogen) atoms. The van der Waals surface area contributed by atoms with Crippen LogP contribution in [-0.2, 0) is 9.84 Å². The van der Waals surface area contributed by atoms with Gasteiger partial charge >= 0.3 is 0 Å². The van der Waals surface area contributed by atoms with E-state index >= 15 is 0 Å². The topological polar surface area (TPSA) is 54.4 Å². The van der Waals surface area contributed by atoms with E-state index in [0.717, 1.165) is 12.1 Å². The van der Waals surface area contributed by atoms with Gasteiger partial charge in [0.25, 0.3) is 0 Å². The lowest BCUT2D eigenvalue weighted by molar-refractivity contribution is 0.185. The van der Waals surface area contributed by atoms with E-state index in [9.17, 15) is 17.9 Å². The summed E-state index contributed by atoms with van der Waals surface area (Å²) in [5.41, 5.74) is 0.218. The van der Waals surface area contributed by atoms with Crippen LogP contribution < -0.4 is 0 Å². The van der Waals surface area contributed by atoms with Gasteiger partial charge in [0.2, 0.25) is 3.12 Å². The normalized spacial score (nSPS) is 17.5. The van der Waals surface area contributed by atoms with Gasteiger partial charge in [0.1, 0.15) is 11.9 Å². The zero-order chi connectivity index (χ0) is 13.3. The molecule has 0 aliphatic carbocycles. The van der Waals surface area contributed by atoms with E-state index in [1.54, 1.807) is 0 Å². The lowest BCUT2D eigenvalue weighted by Crippen LogP contribution is -2.34. The lowest BCUT2D eigenvalue weighted by atomic mass is 10.1. The third-order valence-corrected chi connectivity index (χ3v) is 6.94. The molecule has 0 fully saturated rings. The lowest BCUT2D eigenvalue weighted by Gasteiger charge is -2.25. The molecule has 1 aromatic carbocycles. The van der Waals surface area contributed by atoms with Crippen molar-refractivity contribution in [3.05, 3.63) is 35.6 Å². The summed E-state index contributed by atoms with van der Waals surface area (Å²) < 4.78 is 34.1. The Balaban J connectivity index is 3.12. The number of halogens is 3. The van der Waals surface area contributed by atoms with Crippen LogP contribution in [0.2, 0.25) is 0 Å². The van der Waals surface area contributed by atoms with Crippen LogP contribution in [0, 0.1) is 5.82 Å². The minimum absolute atomic E-state index is 0.218. The van der Waals surface area contributed by atoms with Crippen LogP contribution in [0.1, 0.15) is 18.6 Å². The van der Waals surface area contributed by atoms with E-state index in [1.165, 1.54) is 19.1 Å². The third kappa shape index (κ3) is 2.99. The number of aliphatic hydroxyl groups excluding tert-OH is 1. The van der Waals surface area contributed by atoms with Crippen molar-refractivity contribution < 1.29 is 17.9 Å².